The van der Waals surface area contributed by atoms with Gasteiger partial charge in [0.25, 0.3) is 0 Å². The Hall–Kier alpha value is -2.24. The van der Waals surface area contributed by atoms with Crippen LogP contribution in [0, 0.1) is 10.1 Å². The van der Waals surface area contributed by atoms with E-state index in [2.05, 4.69) is 4.98 Å². The van der Waals surface area contributed by atoms with E-state index in [4.69, 9.17) is 5.73 Å². The van der Waals surface area contributed by atoms with Crippen LogP contribution in [-0.4, -0.2) is 16.2 Å². The Morgan fingerprint density at radius 2 is 2.21 bits per heavy atom. The van der Waals surface area contributed by atoms with Gasteiger partial charge in [-0.2, -0.15) is 0 Å². The Morgan fingerprint density at radius 1 is 1.50 bits per heavy atom. The van der Waals surface area contributed by atoms with Gasteiger partial charge in [-0.25, -0.2) is 0 Å². The summed E-state index contributed by atoms with van der Waals surface area (Å²) in [6, 6.07) is 0. The average molecular weight is 193 g/mol. The number of carbonyl (C=O) groups is 1. The molecule has 0 aliphatic heterocycles. The Bertz CT molecular complexity index is 401. The maximum absolute atomic E-state index is 10.4. The fourth-order valence-corrected chi connectivity index (χ4v) is 0.896. The third-order valence-corrected chi connectivity index (χ3v) is 1.55. The molecule has 0 aliphatic carbocycles. The number of hydrogen-bond acceptors (Lipinski definition) is 5. The van der Waals surface area contributed by atoms with Crippen molar-refractivity contribution in [1.29, 1.82) is 0 Å². The molecule has 0 unspecified atom stereocenters. The Balaban J connectivity index is 3.20. The highest BCUT2D eigenvalue weighted by Crippen LogP contribution is 2.23. The third kappa shape index (κ3) is 1.92. The highest BCUT2D eigenvalue weighted by molar-refractivity contribution is 5.79. The lowest BCUT2D eigenvalue weighted by Crippen LogP contribution is -1.98. The van der Waals surface area contributed by atoms with Gasteiger partial charge in [-0.1, -0.05) is 0 Å². The van der Waals surface area contributed by atoms with Crippen molar-refractivity contribution < 1.29 is 9.72 Å². The zero-order chi connectivity index (χ0) is 10.6. The zero-order valence-corrected chi connectivity index (χ0v) is 7.08. The summed E-state index contributed by atoms with van der Waals surface area (Å²) >= 11 is 0. The molecule has 0 radical (unpaired) electrons. The molecule has 72 valence electrons. The van der Waals surface area contributed by atoms with Crippen LogP contribution in [-0.2, 0) is 4.79 Å². The van der Waals surface area contributed by atoms with Crippen LogP contribution in [0.1, 0.15) is 5.56 Å². The lowest BCUT2D eigenvalue weighted by atomic mass is 10.2. The maximum Gasteiger partial charge on any atom is 0.310 e. The molecule has 0 fully saturated rings. The lowest BCUT2D eigenvalue weighted by Gasteiger charge is -1.99. The molecular weight excluding hydrogens is 186 g/mol. The van der Waals surface area contributed by atoms with Crippen LogP contribution < -0.4 is 5.73 Å². The van der Waals surface area contributed by atoms with Crippen molar-refractivity contribution in [2.24, 2.45) is 0 Å². The molecule has 1 rings (SSSR count). The molecular formula is C8H7N3O3. The van der Waals surface area contributed by atoms with E-state index < -0.39 is 4.92 Å². The van der Waals surface area contributed by atoms with E-state index in [1.807, 2.05) is 0 Å². The number of nitro groups is 1. The highest BCUT2D eigenvalue weighted by atomic mass is 16.6. The van der Waals surface area contributed by atoms with Gasteiger partial charge in [0.05, 0.1) is 4.92 Å². The number of aromatic nitrogens is 1. The summed E-state index contributed by atoms with van der Waals surface area (Å²) in [4.78, 5) is 23.5. The van der Waals surface area contributed by atoms with E-state index in [1.165, 1.54) is 18.3 Å². The standard InChI is InChI=1S/C8H7N3O3/c9-8-6(2-1-3-12)4-10-5-7(8)11(13)14/h1-5H,(H2,9,10). The second kappa shape index (κ2) is 4.13. The van der Waals surface area contributed by atoms with Crippen molar-refractivity contribution in [3.05, 3.63) is 34.1 Å². The maximum atomic E-state index is 10.4. The SMILES string of the molecule is Nc1c(C=CC=O)cncc1[N+](=O)[O-]. The number of pyridine rings is 1. The minimum Gasteiger partial charge on any atom is -0.393 e. The molecule has 0 aromatic carbocycles. The average Bonchev–Trinajstić information content (AvgIpc) is 2.16. The van der Waals surface area contributed by atoms with Gasteiger partial charge < -0.3 is 5.73 Å². The van der Waals surface area contributed by atoms with E-state index in [1.54, 1.807) is 0 Å². The lowest BCUT2D eigenvalue weighted by molar-refractivity contribution is -0.384. The summed E-state index contributed by atoms with van der Waals surface area (Å²) in [5, 5.41) is 10.4. The highest BCUT2D eigenvalue weighted by Gasteiger charge is 2.13. The van der Waals surface area contributed by atoms with Gasteiger partial charge in [-0.15, -0.1) is 0 Å². The Labute approximate surface area is 79.2 Å². The molecule has 6 heteroatoms. The predicted molar refractivity (Wildman–Crippen MR) is 50.4 cm³/mol. The third-order valence-electron chi connectivity index (χ3n) is 1.55. The zero-order valence-electron chi connectivity index (χ0n) is 7.08. The van der Waals surface area contributed by atoms with Crippen molar-refractivity contribution >= 4 is 23.7 Å². The van der Waals surface area contributed by atoms with Crippen LogP contribution >= 0.6 is 0 Å². The normalized spacial score (nSPS) is 10.3. The van der Waals surface area contributed by atoms with Crippen LogP contribution in [0.4, 0.5) is 11.4 Å². The van der Waals surface area contributed by atoms with Crippen molar-refractivity contribution in [3.63, 3.8) is 0 Å². The minimum atomic E-state index is -0.624. The summed E-state index contributed by atoms with van der Waals surface area (Å²) in [5.74, 6) is 0. The largest absolute Gasteiger partial charge is 0.393 e. The molecule has 1 aromatic rings. The molecule has 0 atom stereocenters. The van der Waals surface area contributed by atoms with Gasteiger partial charge >= 0.3 is 5.69 Å². The van der Waals surface area contributed by atoms with Crippen molar-refractivity contribution in [3.8, 4) is 0 Å². The van der Waals surface area contributed by atoms with Gasteiger partial charge in [0, 0.05) is 11.8 Å². The number of carbonyl (C=O) groups excluding carboxylic acids is 1. The molecule has 1 heterocycles. The summed E-state index contributed by atoms with van der Waals surface area (Å²) in [6.45, 7) is 0. The van der Waals surface area contributed by atoms with Gasteiger partial charge in [-0.3, -0.25) is 19.9 Å². The molecule has 0 saturated heterocycles. The van der Waals surface area contributed by atoms with Crippen molar-refractivity contribution in [2.75, 3.05) is 5.73 Å². The Kier molecular flexibility index (Phi) is 2.90. The first-order chi connectivity index (χ1) is 6.66. The van der Waals surface area contributed by atoms with Crippen molar-refractivity contribution in [1.82, 2.24) is 4.98 Å². The number of allylic oxidation sites excluding steroid dienone is 1. The number of nitrogens with zero attached hydrogens (tertiary/aromatic N) is 2. The second-order valence-corrected chi connectivity index (χ2v) is 2.41. The van der Waals surface area contributed by atoms with Gasteiger partial charge in [0.2, 0.25) is 0 Å². The molecule has 0 bridgehead atoms. The smallest absolute Gasteiger partial charge is 0.310 e. The number of anilines is 1. The first-order valence-electron chi connectivity index (χ1n) is 3.66. The molecule has 14 heavy (non-hydrogen) atoms. The van der Waals surface area contributed by atoms with E-state index in [0.717, 1.165) is 6.20 Å². The molecule has 1 aromatic heterocycles. The molecule has 2 N–H and O–H groups in total. The van der Waals surface area contributed by atoms with Crippen LogP contribution in [0.25, 0.3) is 6.08 Å². The Morgan fingerprint density at radius 3 is 2.79 bits per heavy atom. The number of rotatable bonds is 3. The first-order valence-corrected chi connectivity index (χ1v) is 3.66. The minimum absolute atomic E-state index is 0.00287. The number of nitrogens with two attached hydrogens (primary N) is 1. The molecule has 0 spiro atoms. The number of hydrogen-bond donors (Lipinski definition) is 1. The predicted octanol–water partition coefficient (Wildman–Crippen LogP) is 0.784. The molecule has 6 nitrogen and oxygen atoms in total. The van der Waals surface area contributed by atoms with E-state index in [9.17, 15) is 14.9 Å². The summed E-state index contributed by atoms with van der Waals surface area (Å²) in [6.07, 6.45) is 5.52. The second-order valence-electron chi connectivity index (χ2n) is 2.41. The van der Waals surface area contributed by atoms with E-state index >= 15 is 0 Å². The summed E-state index contributed by atoms with van der Waals surface area (Å²) < 4.78 is 0. The van der Waals surface area contributed by atoms with Gasteiger partial charge in [-0.05, 0) is 12.2 Å². The molecule has 0 amide bonds. The summed E-state index contributed by atoms with van der Waals surface area (Å²) in [5.41, 5.74) is 5.57. The van der Waals surface area contributed by atoms with E-state index in [0.29, 0.717) is 11.8 Å². The van der Waals surface area contributed by atoms with E-state index in [-0.39, 0.29) is 11.4 Å². The van der Waals surface area contributed by atoms with Crippen LogP contribution in [0.3, 0.4) is 0 Å². The number of nitrogen functional groups attached to an aromatic ring is 1. The number of aldehydes is 1. The van der Waals surface area contributed by atoms with Crippen LogP contribution in [0.15, 0.2) is 18.5 Å². The fourth-order valence-electron chi connectivity index (χ4n) is 0.896. The quantitative estimate of drug-likeness (QED) is 0.331. The summed E-state index contributed by atoms with van der Waals surface area (Å²) in [7, 11) is 0. The van der Waals surface area contributed by atoms with Crippen molar-refractivity contribution in [2.45, 2.75) is 0 Å². The first kappa shape index (κ1) is 9.85. The van der Waals surface area contributed by atoms with Gasteiger partial charge in [0.1, 0.15) is 18.2 Å². The van der Waals surface area contributed by atoms with Crippen LogP contribution in [0.2, 0.25) is 0 Å². The van der Waals surface area contributed by atoms with Gasteiger partial charge in [0.15, 0.2) is 0 Å². The monoisotopic (exact) mass is 193 g/mol. The fraction of sp³-hybridized carbons (Fsp3) is 0. The molecule has 0 aliphatic rings. The topological polar surface area (TPSA) is 99.1 Å². The molecule has 0 saturated carbocycles. The van der Waals surface area contributed by atoms with Crippen LogP contribution in [0.5, 0.6) is 0 Å².